The Bertz CT molecular complexity index is 394. The summed E-state index contributed by atoms with van der Waals surface area (Å²) in [5.74, 6) is 0. The number of benzene rings is 1. The van der Waals surface area contributed by atoms with Crippen molar-refractivity contribution in [3.63, 3.8) is 0 Å². The molecule has 0 saturated heterocycles. The lowest BCUT2D eigenvalue weighted by atomic mass is 10.3. The number of thiazole rings is 1. The summed E-state index contributed by atoms with van der Waals surface area (Å²) in [7, 11) is 2.07. The van der Waals surface area contributed by atoms with Crippen molar-refractivity contribution >= 4 is 42.6 Å². The van der Waals surface area contributed by atoms with Crippen LogP contribution >= 0.6 is 27.3 Å². The van der Waals surface area contributed by atoms with Gasteiger partial charge in [0.2, 0.25) is 0 Å². The molecule has 2 aromatic rings. The lowest BCUT2D eigenvalue weighted by molar-refractivity contribution is 0.975. The second-order valence-corrected chi connectivity index (χ2v) is 4.88. The lowest BCUT2D eigenvalue weighted by Crippen LogP contribution is -2.18. The van der Waals surface area contributed by atoms with Gasteiger partial charge < -0.3 is 4.90 Å². The maximum Gasteiger partial charge on any atom is 0.186 e. The van der Waals surface area contributed by atoms with Gasteiger partial charge in [-0.2, -0.15) is 0 Å². The highest BCUT2D eigenvalue weighted by molar-refractivity contribution is 9.09. The predicted octanol–water partition coefficient (Wildman–Crippen LogP) is 3.13. The van der Waals surface area contributed by atoms with E-state index >= 15 is 0 Å². The number of nitrogens with zero attached hydrogens (tertiary/aromatic N) is 2. The molecule has 0 unspecified atom stereocenters. The van der Waals surface area contributed by atoms with Crippen LogP contribution in [-0.4, -0.2) is 23.9 Å². The molecule has 0 N–H and O–H groups in total. The van der Waals surface area contributed by atoms with E-state index < -0.39 is 0 Å². The smallest absolute Gasteiger partial charge is 0.186 e. The molecule has 2 nitrogen and oxygen atoms in total. The van der Waals surface area contributed by atoms with Crippen LogP contribution in [0.15, 0.2) is 24.3 Å². The molecule has 0 aliphatic carbocycles. The number of fused-ring (bicyclic) bond motifs is 1. The Kier molecular flexibility index (Phi) is 3.03. The second-order valence-electron chi connectivity index (χ2n) is 3.07. The highest BCUT2D eigenvalue weighted by Crippen LogP contribution is 2.27. The van der Waals surface area contributed by atoms with Crippen LogP contribution in [-0.2, 0) is 0 Å². The van der Waals surface area contributed by atoms with Crippen molar-refractivity contribution in [2.24, 2.45) is 0 Å². The van der Waals surface area contributed by atoms with Gasteiger partial charge in [-0.05, 0) is 12.1 Å². The van der Waals surface area contributed by atoms with Gasteiger partial charge in [0.1, 0.15) is 0 Å². The molecule has 0 saturated carbocycles. The quantitative estimate of drug-likeness (QED) is 0.797. The van der Waals surface area contributed by atoms with E-state index in [1.165, 1.54) is 4.70 Å². The second kappa shape index (κ2) is 4.28. The Morgan fingerprint density at radius 1 is 1.43 bits per heavy atom. The topological polar surface area (TPSA) is 16.1 Å². The van der Waals surface area contributed by atoms with Crippen LogP contribution in [0.4, 0.5) is 5.13 Å². The number of hydrogen-bond acceptors (Lipinski definition) is 3. The summed E-state index contributed by atoms with van der Waals surface area (Å²) in [6, 6.07) is 8.24. The van der Waals surface area contributed by atoms with E-state index in [4.69, 9.17) is 0 Å². The molecule has 1 aromatic carbocycles. The number of aromatic nitrogens is 1. The van der Waals surface area contributed by atoms with Crippen molar-refractivity contribution < 1.29 is 0 Å². The van der Waals surface area contributed by atoms with Gasteiger partial charge >= 0.3 is 0 Å². The van der Waals surface area contributed by atoms with Gasteiger partial charge in [0.15, 0.2) is 5.13 Å². The average molecular weight is 271 g/mol. The van der Waals surface area contributed by atoms with Crippen LogP contribution in [0.2, 0.25) is 0 Å². The fourth-order valence-electron chi connectivity index (χ4n) is 1.25. The van der Waals surface area contributed by atoms with Crippen LogP contribution < -0.4 is 4.90 Å². The Morgan fingerprint density at radius 3 is 2.93 bits per heavy atom. The monoisotopic (exact) mass is 270 g/mol. The van der Waals surface area contributed by atoms with Crippen molar-refractivity contribution in [2.45, 2.75) is 0 Å². The fourth-order valence-corrected chi connectivity index (χ4v) is 2.73. The maximum absolute atomic E-state index is 4.55. The zero-order valence-electron chi connectivity index (χ0n) is 7.90. The lowest BCUT2D eigenvalue weighted by Gasteiger charge is -2.12. The third kappa shape index (κ3) is 1.91. The van der Waals surface area contributed by atoms with E-state index in [0.717, 1.165) is 22.5 Å². The summed E-state index contributed by atoms with van der Waals surface area (Å²) in [4.78, 5) is 6.72. The van der Waals surface area contributed by atoms with E-state index in [-0.39, 0.29) is 0 Å². The average Bonchev–Trinajstić information content (AvgIpc) is 2.61. The van der Waals surface area contributed by atoms with E-state index in [1.807, 2.05) is 6.07 Å². The predicted molar refractivity (Wildman–Crippen MR) is 66.7 cm³/mol. The van der Waals surface area contributed by atoms with E-state index in [2.05, 4.69) is 51.1 Å². The van der Waals surface area contributed by atoms with Crippen molar-refractivity contribution in [1.82, 2.24) is 4.98 Å². The Labute approximate surface area is 95.7 Å². The van der Waals surface area contributed by atoms with Gasteiger partial charge in [0.25, 0.3) is 0 Å². The number of halogens is 1. The van der Waals surface area contributed by atoms with Gasteiger partial charge in [-0.3, -0.25) is 0 Å². The highest BCUT2D eigenvalue weighted by atomic mass is 79.9. The number of alkyl halides is 1. The fraction of sp³-hybridized carbons (Fsp3) is 0.300. The van der Waals surface area contributed by atoms with Crippen LogP contribution in [0.25, 0.3) is 10.2 Å². The summed E-state index contributed by atoms with van der Waals surface area (Å²) in [6.07, 6.45) is 0. The summed E-state index contributed by atoms with van der Waals surface area (Å²) >= 11 is 5.17. The summed E-state index contributed by atoms with van der Waals surface area (Å²) < 4.78 is 1.25. The molecule has 1 aromatic heterocycles. The summed E-state index contributed by atoms with van der Waals surface area (Å²) in [5, 5.41) is 2.06. The summed E-state index contributed by atoms with van der Waals surface area (Å²) in [5.41, 5.74) is 1.09. The number of para-hydroxylation sites is 1. The van der Waals surface area contributed by atoms with Gasteiger partial charge in [0.05, 0.1) is 10.2 Å². The van der Waals surface area contributed by atoms with Gasteiger partial charge in [-0.1, -0.05) is 39.4 Å². The number of hydrogen-bond donors (Lipinski definition) is 0. The van der Waals surface area contributed by atoms with Crippen LogP contribution in [0.5, 0.6) is 0 Å². The van der Waals surface area contributed by atoms with E-state index in [0.29, 0.717) is 0 Å². The first-order valence-corrected chi connectivity index (χ1v) is 6.38. The molecule has 1 heterocycles. The number of rotatable bonds is 3. The molecule has 0 fully saturated rings. The molecule has 0 aliphatic heterocycles. The van der Waals surface area contributed by atoms with Crippen molar-refractivity contribution in [3.8, 4) is 0 Å². The minimum absolute atomic E-state index is 0.972. The first kappa shape index (κ1) is 9.93. The first-order valence-electron chi connectivity index (χ1n) is 4.44. The molecular formula is C10H11BrN2S. The molecule has 0 radical (unpaired) electrons. The zero-order chi connectivity index (χ0) is 9.97. The maximum atomic E-state index is 4.55. The SMILES string of the molecule is CN(CCBr)c1nc2ccccc2s1. The van der Waals surface area contributed by atoms with E-state index in [9.17, 15) is 0 Å². The van der Waals surface area contributed by atoms with Gasteiger partial charge in [-0.25, -0.2) is 4.98 Å². The normalized spacial score (nSPS) is 10.7. The number of anilines is 1. The molecular weight excluding hydrogens is 260 g/mol. The third-order valence-electron chi connectivity index (χ3n) is 2.03. The molecule has 0 bridgehead atoms. The Balaban J connectivity index is 2.35. The molecule has 0 spiro atoms. The Hall–Kier alpha value is -0.610. The van der Waals surface area contributed by atoms with E-state index in [1.54, 1.807) is 11.3 Å². The minimum Gasteiger partial charge on any atom is -0.350 e. The molecule has 74 valence electrons. The highest BCUT2D eigenvalue weighted by Gasteiger charge is 2.06. The standard InChI is InChI=1S/C10H11BrN2S/c1-13(7-6-11)10-12-8-4-2-3-5-9(8)14-10/h2-5H,6-7H2,1H3. The van der Waals surface area contributed by atoms with Gasteiger partial charge in [-0.15, -0.1) is 0 Å². The molecule has 0 atom stereocenters. The molecule has 0 amide bonds. The third-order valence-corrected chi connectivity index (χ3v) is 3.53. The van der Waals surface area contributed by atoms with Crippen molar-refractivity contribution in [2.75, 3.05) is 23.8 Å². The van der Waals surface area contributed by atoms with Crippen molar-refractivity contribution in [3.05, 3.63) is 24.3 Å². The van der Waals surface area contributed by atoms with Crippen LogP contribution in [0.3, 0.4) is 0 Å². The molecule has 2 rings (SSSR count). The first-order chi connectivity index (χ1) is 6.81. The molecule has 14 heavy (non-hydrogen) atoms. The largest absolute Gasteiger partial charge is 0.350 e. The van der Waals surface area contributed by atoms with Crippen LogP contribution in [0.1, 0.15) is 0 Å². The van der Waals surface area contributed by atoms with Crippen molar-refractivity contribution in [1.29, 1.82) is 0 Å². The zero-order valence-corrected chi connectivity index (χ0v) is 10.3. The van der Waals surface area contributed by atoms with Crippen LogP contribution in [0, 0.1) is 0 Å². The molecule has 4 heteroatoms. The van der Waals surface area contributed by atoms with Gasteiger partial charge in [0, 0.05) is 18.9 Å². The molecule has 0 aliphatic rings. The minimum atomic E-state index is 0.972. The Morgan fingerprint density at radius 2 is 2.21 bits per heavy atom. The summed E-state index contributed by atoms with van der Waals surface area (Å²) in [6.45, 7) is 0.986.